The number of ether oxygens (including phenoxy) is 2. The van der Waals surface area contributed by atoms with Gasteiger partial charge in [-0.2, -0.15) is 13.2 Å². The van der Waals surface area contributed by atoms with Crippen LogP contribution in [0.5, 0.6) is 5.75 Å². The molecule has 0 fully saturated rings. The number of halogens is 3. The van der Waals surface area contributed by atoms with Gasteiger partial charge in [0, 0.05) is 17.0 Å². The second-order valence-corrected chi connectivity index (χ2v) is 5.14. The normalized spacial score (nSPS) is 11.0. The van der Waals surface area contributed by atoms with Crippen LogP contribution in [0.3, 0.4) is 0 Å². The molecular formula is C16H14F3N3O5. The maximum Gasteiger partial charge on any atom is 0.493 e. The van der Waals surface area contributed by atoms with Gasteiger partial charge in [-0.1, -0.05) is 12.1 Å². The van der Waals surface area contributed by atoms with E-state index in [0.29, 0.717) is 5.39 Å². The molecule has 0 aromatic heterocycles. The zero-order valence-electron chi connectivity index (χ0n) is 14.1. The van der Waals surface area contributed by atoms with Crippen LogP contribution in [0.15, 0.2) is 30.3 Å². The molecule has 3 N–H and O–H groups in total. The van der Waals surface area contributed by atoms with Crippen LogP contribution < -0.4 is 15.5 Å². The predicted molar refractivity (Wildman–Crippen MR) is 88.5 cm³/mol. The number of hydrogen-bond acceptors (Lipinski definition) is 6. The number of carbonyl (C=O) groups is 2. The number of hydrogen-bond donors (Lipinski definition) is 2. The van der Waals surface area contributed by atoms with Crippen molar-refractivity contribution in [3.8, 4) is 5.75 Å². The molecule has 0 unspecified atom stereocenters. The average molecular weight is 385 g/mol. The number of fused-ring (bicyclic) bond motifs is 1. The predicted octanol–water partition coefficient (Wildman–Crippen LogP) is 2.73. The maximum atomic E-state index is 12.6. The van der Waals surface area contributed by atoms with E-state index >= 15 is 0 Å². The van der Waals surface area contributed by atoms with Crippen molar-refractivity contribution in [2.24, 2.45) is 5.73 Å². The van der Waals surface area contributed by atoms with Gasteiger partial charge in [0.05, 0.1) is 19.9 Å². The lowest BCUT2D eigenvalue weighted by Gasteiger charge is -2.22. The van der Waals surface area contributed by atoms with E-state index in [9.17, 15) is 22.8 Å². The number of methoxy groups -OCH3 is 2. The van der Waals surface area contributed by atoms with E-state index < -0.39 is 18.2 Å². The van der Waals surface area contributed by atoms with Crippen molar-refractivity contribution in [3.05, 3.63) is 35.9 Å². The van der Waals surface area contributed by atoms with Crippen LogP contribution >= 0.6 is 0 Å². The molecule has 0 atom stereocenters. The molecule has 2 aromatic carbocycles. The van der Waals surface area contributed by atoms with Crippen LogP contribution in [0.2, 0.25) is 0 Å². The van der Waals surface area contributed by atoms with Crippen molar-refractivity contribution >= 4 is 34.4 Å². The molecule has 0 aliphatic carbocycles. The zero-order chi connectivity index (χ0) is 20.4. The number of nitrogens with two attached hydrogens (primary N) is 1. The number of carbonyl (C=O) groups excluding carboxylic acids is 2. The fourth-order valence-corrected chi connectivity index (χ4v) is 2.17. The molecule has 0 aliphatic heterocycles. The Morgan fingerprint density at radius 3 is 2.33 bits per heavy atom. The van der Waals surface area contributed by atoms with Crippen LogP contribution in [0.25, 0.3) is 10.8 Å². The molecule has 2 rings (SSSR count). The van der Waals surface area contributed by atoms with Gasteiger partial charge < -0.3 is 20.0 Å². The molecule has 27 heavy (non-hydrogen) atoms. The largest absolute Gasteiger partial charge is 0.497 e. The second kappa shape index (κ2) is 7.40. The fraction of sp³-hybridized carbons (Fsp3) is 0.188. The van der Waals surface area contributed by atoms with E-state index in [1.807, 2.05) is 0 Å². The van der Waals surface area contributed by atoms with Crippen molar-refractivity contribution in [1.29, 1.82) is 5.41 Å². The fourth-order valence-electron chi connectivity index (χ4n) is 2.17. The van der Waals surface area contributed by atoms with Crippen LogP contribution in [0, 0.1) is 5.41 Å². The Morgan fingerprint density at radius 2 is 1.81 bits per heavy atom. The smallest absolute Gasteiger partial charge is 0.493 e. The van der Waals surface area contributed by atoms with Crippen LogP contribution in [-0.2, 0) is 14.4 Å². The first-order valence-corrected chi connectivity index (χ1v) is 7.22. The SMILES string of the molecule is COC(=O)N(OC(=O)C(F)(F)F)c1cc(OC)cc2ccc(C(=N)N)cc12. The minimum atomic E-state index is -5.34. The highest BCUT2D eigenvalue weighted by atomic mass is 19.4. The minimum absolute atomic E-state index is 0.0601. The van der Waals surface area contributed by atoms with E-state index in [0.717, 1.165) is 7.11 Å². The average Bonchev–Trinajstić information content (AvgIpc) is 2.63. The lowest BCUT2D eigenvalue weighted by molar-refractivity contribution is -0.200. The monoisotopic (exact) mass is 385 g/mol. The van der Waals surface area contributed by atoms with Crippen LogP contribution in [0.1, 0.15) is 5.56 Å². The summed E-state index contributed by atoms with van der Waals surface area (Å²) in [6, 6.07) is 7.07. The number of nitrogen functional groups attached to an aromatic ring is 1. The van der Waals surface area contributed by atoms with Crippen LogP contribution in [-0.4, -0.2) is 38.3 Å². The quantitative estimate of drug-likeness (QED) is 0.477. The molecule has 0 heterocycles. The third-order valence-electron chi connectivity index (χ3n) is 3.42. The molecular weight excluding hydrogens is 371 g/mol. The molecule has 8 nitrogen and oxygen atoms in total. The summed E-state index contributed by atoms with van der Waals surface area (Å²) in [4.78, 5) is 27.5. The molecule has 0 bridgehead atoms. The van der Waals surface area contributed by atoms with E-state index in [1.165, 1.54) is 37.4 Å². The van der Waals surface area contributed by atoms with Crippen molar-refractivity contribution in [2.45, 2.75) is 6.18 Å². The maximum absolute atomic E-state index is 12.6. The lowest BCUT2D eigenvalue weighted by Crippen LogP contribution is -2.38. The number of alkyl halides is 3. The van der Waals surface area contributed by atoms with Gasteiger partial charge in [0.15, 0.2) is 0 Å². The highest BCUT2D eigenvalue weighted by Gasteiger charge is 2.44. The third kappa shape index (κ3) is 4.19. The second-order valence-electron chi connectivity index (χ2n) is 5.14. The van der Waals surface area contributed by atoms with Crippen molar-refractivity contribution in [2.75, 3.05) is 19.3 Å². The zero-order valence-corrected chi connectivity index (χ0v) is 14.1. The number of benzene rings is 2. The van der Waals surface area contributed by atoms with Crippen molar-refractivity contribution in [3.63, 3.8) is 0 Å². The van der Waals surface area contributed by atoms with Gasteiger partial charge in [-0.25, -0.2) is 9.59 Å². The van der Waals surface area contributed by atoms with Crippen LogP contribution in [0.4, 0.5) is 23.7 Å². The van der Waals surface area contributed by atoms with Crippen molar-refractivity contribution < 1.29 is 37.1 Å². The van der Waals surface area contributed by atoms with Gasteiger partial charge in [0.1, 0.15) is 11.6 Å². The summed E-state index contributed by atoms with van der Waals surface area (Å²) in [5, 5.41) is 8.15. The molecule has 0 saturated heterocycles. The Balaban J connectivity index is 2.71. The molecule has 0 spiro atoms. The van der Waals surface area contributed by atoms with E-state index in [1.54, 1.807) is 0 Å². The molecule has 0 saturated carbocycles. The summed E-state index contributed by atoms with van der Waals surface area (Å²) in [6.07, 6.45) is -6.72. The van der Waals surface area contributed by atoms with Gasteiger partial charge >= 0.3 is 18.2 Å². The Labute approximate surface area is 150 Å². The third-order valence-corrected chi connectivity index (χ3v) is 3.42. The standard InChI is InChI=1S/C16H14F3N3O5/c1-25-10-5-8-3-4-9(13(20)21)6-11(8)12(7-10)22(15(24)26-2)27-14(23)16(17,18)19/h3-7H,1-2H3,(H3,20,21). The molecule has 2 aromatic rings. The number of anilines is 1. The summed E-state index contributed by atoms with van der Waals surface area (Å²) < 4.78 is 47.3. The topological polar surface area (TPSA) is 115 Å². The molecule has 11 heteroatoms. The van der Waals surface area contributed by atoms with Crippen molar-refractivity contribution in [1.82, 2.24) is 0 Å². The molecule has 144 valence electrons. The number of nitrogens with one attached hydrogen (secondary N) is 1. The summed E-state index contributed by atoms with van der Waals surface area (Å²) in [5.41, 5.74) is 5.40. The summed E-state index contributed by atoms with van der Waals surface area (Å²) in [5.74, 6) is -2.76. The first kappa shape index (κ1) is 19.8. The highest BCUT2D eigenvalue weighted by Crippen LogP contribution is 2.34. The number of hydroxylamine groups is 1. The Morgan fingerprint density at radius 1 is 1.15 bits per heavy atom. The van der Waals surface area contributed by atoms with E-state index in [4.69, 9.17) is 15.9 Å². The highest BCUT2D eigenvalue weighted by molar-refractivity contribution is 6.06. The van der Waals surface area contributed by atoms with Gasteiger partial charge in [-0.15, -0.1) is 5.06 Å². The first-order chi connectivity index (χ1) is 12.6. The number of rotatable bonds is 3. The summed E-state index contributed by atoms with van der Waals surface area (Å²) >= 11 is 0. The van der Waals surface area contributed by atoms with Gasteiger partial charge in [-0.05, 0) is 17.5 Å². The Hall–Kier alpha value is -3.50. The van der Waals surface area contributed by atoms with Gasteiger partial charge in [0.2, 0.25) is 0 Å². The minimum Gasteiger partial charge on any atom is -0.497 e. The van der Waals surface area contributed by atoms with Gasteiger partial charge in [0.25, 0.3) is 0 Å². The first-order valence-electron chi connectivity index (χ1n) is 7.22. The van der Waals surface area contributed by atoms with E-state index in [-0.39, 0.29) is 33.3 Å². The van der Waals surface area contributed by atoms with Gasteiger partial charge in [-0.3, -0.25) is 5.41 Å². The Bertz CT molecular complexity index is 914. The summed E-state index contributed by atoms with van der Waals surface area (Å²) in [7, 11) is 2.21. The Kier molecular flexibility index (Phi) is 5.43. The molecule has 0 aliphatic rings. The number of nitrogens with zero attached hydrogens (tertiary/aromatic N) is 1. The van der Waals surface area contributed by atoms with E-state index in [2.05, 4.69) is 9.57 Å². The summed E-state index contributed by atoms with van der Waals surface area (Å²) in [6.45, 7) is 0. The molecule has 0 radical (unpaired) electrons. The molecule has 1 amide bonds. The lowest BCUT2D eigenvalue weighted by atomic mass is 10.0. The number of amides is 1. The number of amidine groups is 1.